The summed E-state index contributed by atoms with van der Waals surface area (Å²) in [7, 11) is 1.63. The SMILES string of the molecule is COc1ccc(CN(OC=C=O)N2CCN(Cc3ccc(F)cc3)CC2)cc1. The lowest BCUT2D eigenvalue weighted by Crippen LogP contribution is -2.52. The number of halogens is 1. The highest BCUT2D eigenvalue weighted by molar-refractivity contribution is 5.42. The third-order valence-electron chi connectivity index (χ3n) is 4.68. The average molecular weight is 385 g/mol. The maximum absolute atomic E-state index is 13.1. The molecule has 3 rings (SSSR count). The molecule has 0 aromatic heterocycles. The fraction of sp³-hybridized carbons (Fsp3) is 0.333. The summed E-state index contributed by atoms with van der Waals surface area (Å²) in [6.45, 7) is 4.46. The van der Waals surface area contributed by atoms with Gasteiger partial charge in [0.25, 0.3) is 0 Å². The van der Waals surface area contributed by atoms with Crippen molar-refractivity contribution in [3.8, 4) is 5.75 Å². The molecule has 2 aromatic rings. The zero-order valence-electron chi connectivity index (χ0n) is 15.9. The average Bonchev–Trinajstić information content (AvgIpc) is 2.74. The third kappa shape index (κ3) is 5.65. The van der Waals surface area contributed by atoms with Gasteiger partial charge >= 0.3 is 0 Å². The van der Waals surface area contributed by atoms with Crippen molar-refractivity contribution in [2.24, 2.45) is 0 Å². The Balaban J connectivity index is 1.57. The van der Waals surface area contributed by atoms with Crippen LogP contribution in [-0.2, 0) is 22.7 Å². The van der Waals surface area contributed by atoms with E-state index >= 15 is 0 Å². The molecule has 0 radical (unpaired) electrons. The number of benzene rings is 2. The van der Waals surface area contributed by atoms with E-state index in [-0.39, 0.29) is 5.82 Å². The van der Waals surface area contributed by atoms with Gasteiger partial charge in [0.15, 0.2) is 12.2 Å². The molecule has 1 aliphatic heterocycles. The van der Waals surface area contributed by atoms with Crippen molar-refractivity contribution in [1.29, 1.82) is 0 Å². The first-order chi connectivity index (χ1) is 13.7. The number of hydroxylamine groups is 1. The lowest BCUT2D eigenvalue weighted by atomic mass is 10.2. The van der Waals surface area contributed by atoms with E-state index in [1.807, 2.05) is 36.4 Å². The second kappa shape index (κ2) is 10.0. The van der Waals surface area contributed by atoms with Gasteiger partial charge in [0.05, 0.1) is 13.7 Å². The highest BCUT2D eigenvalue weighted by Gasteiger charge is 2.23. The zero-order chi connectivity index (χ0) is 19.8. The number of methoxy groups -OCH3 is 1. The summed E-state index contributed by atoms with van der Waals surface area (Å²) in [5.41, 5.74) is 2.12. The van der Waals surface area contributed by atoms with Gasteiger partial charge in [-0.25, -0.2) is 14.2 Å². The Hall–Kier alpha value is -2.70. The number of hydrazine groups is 1. The molecule has 0 atom stereocenters. The van der Waals surface area contributed by atoms with Crippen molar-refractivity contribution in [3.63, 3.8) is 0 Å². The van der Waals surface area contributed by atoms with Crippen molar-refractivity contribution in [3.05, 3.63) is 71.7 Å². The summed E-state index contributed by atoms with van der Waals surface area (Å²) in [5, 5.41) is 3.75. The van der Waals surface area contributed by atoms with Gasteiger partial charge in [-0.2, -0.15) is 0 Å². The van der Waals surface area contributed by atoms with Crippen LogP contribution in [0.3, 0.4) is 0 Å². The molecule has 0 bridgehead atoms. The molecular weight excluding hydrogens is 361 g/mol. The van der Waals surface area contributed by atoms with Crippen molar-refractivity contribution < 1.29 is 18.8 Å². The van der Waals surface area contributed by atoms with Gasteiger partial charge in [-0.15, -0.1) is 0 Å². The molecule has 0 aliphatic carbocycles. The van der Waals surface area contributed by atoms with Gasteiger partial charge in [-0.05, 0) is 35.4 Å². The van der Waals surface area contributed by atoms with Crippen LogP contribution >= 0.6 is 0 Å². The van der Waals surface area contributed by atoms with Crippen LogP contribution in [0.1, 0.15) is 11.1 Å². The van der Waals surface area contributed by atoms with Crippen LogP contribution in [-0.4, -0.2) is 54.3 Å². The summed E-state index contributed by atoms with van der Waals surface area (Å²) in [5.74, 6) is 2.23. The van der Waals surface area contributed by atoms with Crippen molar-refractivity contribution >= 4 is 5.94 Å². The number of nitrogens with zero attached hydrogens (tertiary/aromatic N) is 3. The fourth-order valence-corrected chi connectivity index (χ4v) is 3.14. The number of ether oxygens (including phenoxy) is 1. The Morgan fingerprint density at radius 2 is 1.68 bits per heavy atom. The molecule has 6 nitrogen and oxygen atoms in total. The van der Waals surface area contributed by atoms with Gasteiger partial charge in [0.2, 0.25) is 0 Å². The summed E-state index contributed by atoms with van der Waals surface area (Å²) >= 11 is 0. The molecule has 28 heavy (non-hydrogen) atoms. The molecule has 0 N–H and O–H groups in total. The largest absolute Gasteiger partial charge is 0.497 e. The maximum atomic E-state index is 13.1. The predicted molar refractivity (Wildman–Crippen MR) is 103 cm³/mol. The van der Waals surface area contributed by atoms with Crippen LogP contribution in [0, 0.1) is 5.82 Å². The minimum absolute atomic E-state index is 0.219. The normalized spacial score (nSPS) is 15.2. The predicted octanol–water partition coefficient (Wildman–Crippen LogP) is 2.65. The van der Waals surface area contributed by atoms with Crippen molar-refractivity contribution in [1.82, 2.24) is 15.1 Å². The molecule has 1 saturated heterocycles. The Morgan fingerprint density at radius 3 is 2.29 bits per heavy atom. The quantitative estimate of drug-likeness (QED) is 0.396. The van der Waals surface area contributed by atoms with Crippen LogP contribution in [0.2, 0.25) is 0 Å². The molecule has 0 amide bonds. The summed E-state index contributed by atoms with van der Waals surface area (Å²) in [4.78, 5) is 18.4. The molecule has 2 aromatic carbocycles. The zero-order valence-corrected chi connectivity index (χ0v) is 15.9. The highest BCUT2D eigenvalue weighted by Crippen LogP contribution is 2.16. The number of rotatable bonds is 8. The second-order valence-corrected chi connectivity index (χ2v) is 6.56. The van der Waals surface area contributed by atoms with Gasteiger partial charge < -0.3 is 9.57 Å². The first-order valence-corrected chi connectivity index (χ1v) is 9.16. The summed E-state index contributed by atoms with van der Waals surface area (Å²) < 4.78 is 18.2. The lowest BCUT2D eigenvalue weighted by Gasteiger charge is -2.39. The van der Waals surface area contributed by atoms with Crippen molar-refractivity contribution in [2.75, 3.05) is 33.3 Å². The second-order valence-electron chi connectivity index (χ2n) is 6.56. The smallest absolute Gasteiger partial charge is 0.196 e. The Bertz CT molecular complexity index is 784. The van der Waals surface area contributed by atoms with Crippen LogP contribution in [0.5, 0.6) is 5.75 Å². The van der Waals surface area contributed by atoms with Gasteiger partial charge in [0, 0.05) is 32.7 Å². The molecule has 148 valence electrons. The monoisotopic (exact) mass is 385 g/mol. The Kier molecular flexibility index (Phi) is 7.17. The maximum Gasteiger partial charge on any atom is 0.196 e. The minimum atomic E-state index is -0.219. The van der Waals surface area contributed by atoms with E-state index in [2.05, 4.69) is 9.91 Å². The molecular formula is C21H24FN3O3. The third-order valence-corrected chi connectivity index (χ3v) is 4.68. The molecule has 0 saturated carbocycles. The van der Waals surface area contributed by atoms with E-state index in [1.54, 1.807) is 18.2 Å². The molecule has 1 heterocycles. The fourth-order valence-electron chi connectivity index (χ4n) is 3.14. The number of hydrogen-bond donors (Lipinski definition) is 0. The Labute approximate surface area is 164 Å². The van der Waals surface area contributed by atoms with Crippen LogP contribution in [0.15, 0.2) is 54.8 Å². The molecule has 7 heteroatoms. The highest BCUT2D eigenvalue weighted by atomic mass is 19.1. The van der Waals surface area contributed by atoms with E-state index in [9.17, 15) is 9.18 Å². The van der Waals surface area contributed by atoms with E-state index in [0.29, 0.717) is 6.54 Å². The Morgan fingerprint density at radius 1 is 1.04 bits per heavy atom. The minimum Gasteiger partial charge on any atom is -0.497 e. The van der Waals surface area contributed by atoms with E-state index in [0.717, 1.165) is 55.9 Å². The van der Waals surface area contributed by atoms with Crippen LogP contribution < -0.4 is 4.74 Å². The van der Waals surface area contributed by atoms with E-state index < -0.39 is 0 Å². The summed E-state index contributed by atoms with van der Waals surface area (Å²) in [6, 6.07) is 14.3. The lowest BCUT2D eigenvalue weighted by molar-refractivity contribution is -0.265. The number of piperazine rings is 1. The first kappa shape index (κ1) is 20.0. The van der Waals surface area contributed by atoms with Gasteiger partial charge in [-0.1, -0.05) is 29.4 Å². The summed E-state index contributed by atoms with van der Waals surface area (Å²) in [6.07, 6.45) is 1.02. The molecule has 0 unspecified atom stereocenters. The van der Waals surface area contributed by atoms with Gasteiger partial charge in [0.1, 0.15) is 11.6 Å². The first-order valence-electron chi connectivity index (χ1n) is 9.16. The van der Waals surface area contributed by atoms with E-state index in [4.69, 9.17) is 9.57 Å². The molecule has 1 fully saturated rings. The number of hydrogen-bond acceptors (Lipinski definition) is 6. The standard InChI is InChI=1S/C21H24FN3O3/c1-27-21-8-4-19(5-9-21)17-25(28-15-14-26)24-12-10-23(11-13-24)16-18-2-6-20(22)7-3-18/h2-9,15H,10-13,16-17H2,1H3. The topological polar surface area (TPSA) is 45.3 Å². The molecule has 1 aliphatic rings. The van der Waals surface area contributed by atoms with Gasteiger partial charge in [-0.3, -0.25) is 4.90 Å². The van der Waals surface area contributed by atoms with Crippen LogP contribution in [0.25, 0.3) is 0 Å². The molecule has 0 spiro atoms. The number of carbonyl (C=O) groups excluding carboxylic acids is 1. The van der Waals surface area contributed by atoms with Crippen LogP contribution in [0.4, 0.5) is 4.39 Å². The van der Waals surface area contributed by atoms with Crippen molar-refractivity contribution in [2.45, 2.75) is 13.1 Å². The van der Waals surface area contributed by atoms with E-state index in [1.165, 1.54) is 12.1 Å².